The molecule has 1 saturated heterocycles. The maximum absolute atomic E-state index is 12.3. The maximum Gasteiger partial charge on any atom is 0.312 e. The number of hydrogen-bond donors (Lipinski definition) is 0. The van der Waals surface area contributed by atoms with Gasteiger partial charge in [-0.15, -0.1) is 5.10 Å². The highest BCUT2D eigenvalue weighted by molar-refractivity contribution is 6.35. The fourth-order valence-corrected chi connectivity index (χ4v) is 3.00. The predicted octanol–water partition coefficient (Wildman–Crippen LogP) is 0.855. The minimum absolute atomic E-state index is 0.254. The predicted molar refractivity (Wildman–Crippen MR) is 82.3 cm³/mol. The molecule has 2 aromatic heterocycles. The summed E-state index contributed by atoms with van der Waals surface area (Å²) in [5, 5.41) is 8.19. The van der Waals surface area contributed by atoms with Crippen molar-refractivity contribution in [2.45, 2.75) is 31.8 Å². The molecule has 2 fully saturated rings. The SMILES string of the molecule is O=C1C(=O)N(C2CCC2)CCN1Cc1ccc(-c2cnco2)nn1. The summed E-state index contributed by atoms with van der Waals surface area (Å²) in [5.41, 5.74) is 1.21. The minimum Gasteiger partial charge on any atom is -0.442 e. The highest BCUT2D eigenvalue weighted by atomic mass is 16.3. The summed E-state index contributed by atoms with van der Waals surface area (Å²) in [5.74, 6) is -0.305. The number of amides is 2. The molecule has 0 N–H and O–H groups in total. The smallest absolute Gasteiger partial charge is 0.312 e. The highest BCUT2D eigenvalue weighted by Crippen LogP contribution is 2.26. The monoisotopic (exact) mass is 327 g/mol. The Labute approximate surface area is 138 Å². The zero-order chi connectivity index (χ0) is 16.5. The van der Waals surface area contributed by atoms with E-state index in [0.717, 1.165) is 19.3 Å². The molecule has 24 heavy (non-hydrogen) atoms. The van der Waals surface area contributed by atoms with Crippen LogP contribution < -0.4 is 0 Å². The van der Waals surface area contributed by atoms with Gasteiger partial charge >= 0.3 is 11.8 Å². The summed E-state index contributed by atoms with van der Waals surface area (Å²) in [4.78, 5) is 31.6. The number of hydrogen-bond acceptors (Lipinski definition) is 6. The van der Waals surface area contributed by atoms with Gasteiger partial charge in [0.2, 0.25) is 0 Å². The fraction of sp³-hybridized carbons (Fsp3) is 0.438. The quantitative estimate of drug-likeness (QED) is 0.773. The zero-order valence-corrected chi connectivity index (χ0v) is 13.1. The van der Waals surface area contributed by atoms with Crippen LogP contribution in [0.15, 0.2) is 29.1 Å². The van der Waals surface area contributed by atoms with E-state index in [9.17, 15) is 9.59 Å². The molecule has 8 heteroatoms. The van der Waals surface area contributed by atoms with Gasteiger partial charge in [0.15, 0.2) is 12.2 Å². The molecule has 4 rings (SSSR count). The van der Waals surface area contributed by atoms with Crippen LogP contribution in [0.4, 0.5) is 0 Å². The molecule has 1 aliphatic carbocycles. The summed E-state index contributed by atoms with van der Waals surface area (Å²) >= 11 is 0. The van der Waals surface area contributed by atoms with Gasteiger partial charge in [0.1, 0.15) is 5.69 Å². The Morgan fingerprint density at radius 2 is 2.00 bits per heavy atom. The topological polar surface area (TPSA) is 92.4 Å². The third kappa shape index (κ3) is 2.64. The lowest BCUT2D eigenvalue weighted by atomic mass is 9.91. The van der Waals surface area contributed by atoms with Gasteiger partial charge < -0.3 is 14.2 Å². The van der Waals surface area contributed by atoms with Crippen molar-refractivity contribution in [2.75, 3.05) is 13.1 Å². The Kier molecular flexibility index (Phi) is 3.72. The summed E-state index contributed by atoms with van der Waals surface area (Å²) in [6.07, 6.45) is 6.04. The van der Waals surface area contributed by atoms with Crippen LogP contribution >= 0.6 is 0 Å². The molecular weight excluding hydrogens is 310 g/mol. The molecule has 1 saturated carbocycles. The largest absolute Gasteiger partial charge is 0.442 e. The highest BCUT2D eigenvalue weighted by Gasteiger charge is 2.38. The molecule has 2 amide bonds. The summed E-state index contributed by atoms with van der Waals surface area (Å²) in [7, 11) is 0. The van der Waals surface area contributed by atoms with Crippen molar-refractivity contribution in [1.29, 1.82) is 0 Å². The number of carbonyl (C=O) groups is 2. The van der Waals surface area contributed by atoms with E-state index in [2.05, 4.69) is 15.2 Å². The molecule has 0 aromatic carbocycles. The molecule has 8 nitrogen and oxygen atoms in total. The molecule has 0 unspecified atom stereocenters. The lowest BCUT2D eigenvalue weighted by Gasteiger charge is -2.42. The van der Waals surface area contributed by atoms with Crippen LogP contribution in [-0.2, 0) is 16.1 Å². The third-order valence-electron chi connectivity index (χ3n) is 4.61. The average molecular weight is 327 g/mol. The first-order valence-electron chi connectivity index (χ1n) is 8.04. The molecule has 3 heterocycles. The van der Waals surface area contributed by atoms with Gasteiger partial charge in [-0.3, -0.25) is 9.59 Å². The van der Waals surface area contributed by atoms with Gasteiger partial charge in [-0.05, 0) is 31.4 Å². The van der Waals surface area contributed by atoms with Crippen LogP contribution in [0.2, 0.25) is 0 Å². The van der Waals surface area contributed by atoms with Gasteiger partial charge in [-0.2, -0.15) is 5.10 Å². The number of piperazine rings is 1. The van der Waals surface area contributed by atoms with Crippen molar-refractivity contribution in [1.82, 2.24) is 25.0 Å². The second-order valence-electron chi connectivity index (χ2n) is 6.09. The Morgan fingerprint density at radius 1 is 1.12 bits per heavy atom. The third-order valence-corrected chi connectivity index (χ3v) is 4.61. The van der Waals surface area contributed by atoms with E-state index in [0.29, 0.717) is 30.2 Å². The lowest BCUT2D eigenvalue weighted by Crippen LogP contribution is -2.58. The Morgan fingerprint density at radius 3 is 2.62 bits per heavy atom. The molecule has 2 aliphatic rings. The summed E-state index contributed by atoms with van der Waals surface area (Å²) in [6, 6.07) is 3.80. The second kappa shape index (κ2) is 6.03. The van der Waals surface area contributed by atoms with Crippen LogP contribution in [-0.4, -0.2) is 55.9 Å². The summed E-state index contributed by atoms with van der Waals surface area (Å²) in [6.45, 7) is 1.41. The lowest BCUT2D eigenvalue weighted by molar-refractivity contribution is -0.159. The van der Waals surface area contributed by atoms with E-state index in [1.54, 1.807) is 23.2 Å². The Hall–Kier alpha value is -2.77. The van der Waals surface area contributed by atoms with Crippen LogP contribution in [0.5, 0.6) is 0 Å². The van der Waals surface area contributed by atoms with Crippen LogP contribution in [0.3, 0.4) is 0 Å². The maximum atomic E-state index is 12.3. The van der Waals surface area contributed by atoms with Crippen molar-refractivity contribution in [2.24, 2.45) is 0 Å². The zero-order valence-electron chi connectivity index (χ0n) is 13.1. The van der Waals surface area contributed by atoms with E-state index in [1.807, 2.05) is 0 Å². The van der Waals surface area contributed by atoms with E-state index in [-0.39, 0.29) is 12.6 Å². The number of rotatable bonds is 4. The number of aromatic nitrogens is 3. The molecule has 0 bridgehead atoms. The number of carbonyl (C=O) groups excluding carboxylic acids is 2. The van der Waals surface area contributed by atoms with Crippen LogP contribution in [0, 0.1) is 0 Å². The minimum atomic E-state index is -0.450. The van der Waals surface area contributed by atoms with Crippen molar-refractivity contribution in [3.63, 3.8) is 0 Å². The standard InChI is InChI=1S/C16H17N5O3/c22-15-16(23)21(12-2-1-3-12)7-6-20(15)9-11-4-5-13(19-18-11)14-8-17-10-24-14/h4-5,8,10,12H,1-3,6-7,9H2. The normalized spacial score (nSPS) is 18.8. The van der Waals surface area contributed by atoms with Crippen LogP contribution in [0.1, 0.15) is 25.0 Å². The van der Waals surface area contributed by atoms with Gasteiger partial charge in [-0.25, -0.2) is 4.98 Å². The van der Waals surface area contributed by atoms with Gasteiger partial charge in [0, 0.05) is 19.1 Å². The van der Waals surface area contributed by atoms with E-state index >= 15 is 0 Å². The van der Waals surface area contributed by atoms with Gasteiger partial charge in [0.25, 0.3) is 0 Å². The van der Waals surface area contributed by atoms with E-state index in [4.69, 9.17) is 4.42 Å². The Bertz CT molecular complexity index is 740. The molecule has 0 spiro atoms. The first-order valence-corrected chi connectivity index (χ1v) is 8.04. The molecule has 0 radical (unpaired) electrons. The molecular formula is C16H17N5O3. The van der Waals surface area contributed by atoms with Crippen molar-refractivity contribution >= 4 is 11.8 Å². The fourth-order valence-electron chi connectivity index (χ4n) is 3.00. The van der Waals surface area contributed by atoms with E-state index in [1.165, 1.54) is 11.3 Å². The first kappa shape index (κ1) is 14.8. The number of nitrogens with zero attached hydrogens (tertiary/aromatic N) is 5. The average Bonchev–Trinajstić information content (AvgIpc) is 3.08. The van der Waals surface area contributed by atoms with E-state index < -0.39 is 11.8 Å². The molecule has 0 atom stereocenters. The Balaban J connectivity index is 1.42. The number of oxazole rings is 1. The van der Waals surface area contributed by atoms with Crippen molar-refractivity contribution in [3.8, 4) is 11.5 Å². The van der Waals surface area contributed by atoms with Crippen molar-refractivity contribution < 1.29 is 14.0 Å². The summed E-state index contributed by atoms with van der Waals surface area (Å²) < 4.78 is 5.16. The molecule has 124 valence electrons. The molecule has 2 aromatic rings. The van der Waals surface area contributed by atoms with Gasteiger partial charge in [-0.1, -0.05) is 0 Å². The molecule has 1 aliphatic heterocycles. The van der Waals surface area contributed by atoms with Crippen molar-refractivity contribution in [3.05, 3.63) is 30.4 Å². The van der Waals surface area contributed by atoms with Gasteiger partial charge in [0.05, 0.1) is 18.4 Å². The van der Waals surface area contributed by atoms with Crippen LogP contribution in [0.25, 0.3) is 11.5 Å². The second-order valence-corrected chi connectivity index (χ2v) is 6.09. The first-order chi connectivity index (χ1) is 11.7.